The Morgan fingerprint density at radius 2 is 1.65 bits per heavy atom. The third kappa shape index (κ3) is 3.89. The van der Waals surface area contributed by atoms with Crippen LogP contribution in [0, 0.1) is 17.7 Å². The van der Waals surface area contributed by atoms with Gasteiger partial charge in [-0.2, -0.15) is 0 Å². The van der Waals surface area contributed by atoms with Crippen molar-refractivity contribution in [2.45, 2.75) is 6.42 Å². The molecule has 0 spiro atoms. The molecule has 2 atom stereocenters. The van der Waals surface area contributed by atoms with E-state index in [4.69, 9.17) is 4.98 Å². The van der Waals surface area contributed by atoms with E-state index in [0.29, 0.717) is 30.5 Å². The molecule has 2 bridgehead atoms. The third-order valence-electron chi connectivity index (χ3n) is 6.92. The topological polar surface area (TPSA) is 49.3 Å². The van der Waals surface area contributed by atoms with Crippen LogP contribution in [0.2, 0.25) is 0 Å². The average Bonchev–Trinajstić information content (AvgIpc) is 2.87. The number of likely N-dealkylation sites (tertiary alicyclic amines) is 1. The number of nitrogens with zero attached hydrogens (tertiary/aromatic N) is 4. The van der Waals surface area contributed by atoms with Gasteiger partial charge in [0.25, 0.3) is 5.91 Å². The smallest absolute Gasteiger partial charge is 0.254 e. The van der Waals surface area contributed by atoms with E-state index in [1.165, 1.54) is 12.1 Å². The number of hydrogen-bond donors (Lipinski definition) is 0. The predicted octanol–water partition coefficient (Wildman–Crippen LogP) is 5.03. The number of aromatic nitrogens is 2. The van der Waals surface area contributed by atoms with Crippen LogP contribution >= 0.6 is 0 Å². The van der Waals surface area contributed by atoms with Gasteiger partial charge in [0.2, 0.25) is 5.95 Å². The number of para-hydroxylation sites is 1. The molecule has 6 rings (SSSR count). The molecular weight excluding hydrogens is 427 g/mol. The maximum absolute atomic E-state index is 13.8. The van der Waals surface area contributed by atoms with Crippen molar-refractivity contribution >= 4 is 22.8 Å². The van der Waals surface area contributed by atoms with Gasteiger partial charge in [-0.1, -0.05) is 48.5 Å². The Kier molecular flexibility index (Phi) is 5.21. The number of halogens is 1. The summed E-state index contributed by atoms with van der Waals surface area (Å²) in [6, 6.07) is 22.0. The molecule has 2 saturated heterocycles. The molecule has 2 fully saturated rings. The van der Waals surface area contributed by atoms with Crippen LogP contribution in [0.4, 0.5) is 10.3 Å². The van der Waals surface area contributed by atoms with Crippen LogP contribution in [0.5, 0.6) is 0 Å². The first-order valence-electron chi connectivity index (χ1n) is 11.7. The lowest BCUT2D eigenvalue weighted by molar-refractivity contribution is 0.0564. The molecule has 170 valence electrons. The Morgan fingerprint density at radius 1 is 0.882 bits per heavy atom. The molecule has 2 unspecified atom stereocenters. The monoisotopic (exact) mass is 452 g/mol. The molecule has 34 heavy (non-hydrogen) atoms. The summed E-state index contributed by atoms with van der Waals surface area (Å²) in [7, 11) is 0. The van der Waals surface area contributed by atoms with E-state index in [1.54, 1.807) is 6.07 Å². The molecular formula is C28H25FN4O. The molecule has 0 saturated carbocycles. The summed E-state index contributed by atoms with van der Waals surface area (Å²) in [6.45, 7) is 3.09. The second-order valence-electron chi connectivity index (χ2n) is 9.37. The van der Waals surface area contributed by atoms with Crippen LogP contribution in [0.25, 0.3) is 22.0 Å². The second kappa shape index (κ2) is 8.52. The minimum Gasteiger partial charge on any atom is -0.340 e. The number of benzene rings is 3. The standard InChI is InChI=1S/C28H25FN4O/c29-23-8-5-7-21(13-23)24-9-2-3-10-25(24)27(34)32-15-19-12-20(16-32)18-33(17-19)28-30-14-22-6-1-4-11-26(22)31-28/h1-11,13-14,19-20H,12,15-18H2. The van der Waals surface area contributed by atoms with E-state index in [1.807, 2.05) is 65.7 Å². The first-order valence-corrected chi connectivity index (χ1v) is 11.7. The van der Waals surface area contributed by atoms with Crippen LogP contribution in [0.3, 0.4) is 0 Å². The van der Waals surface area contributed by atoms with Gasteiger partial charge in [-0.05, 0) is 53.6 Å². The lowest BCUT2D eigenvalue weighted by atomic mass is 9.84. The molecule has 0 radical (unpaired) electrons. The van der Waals surface area contributed by atoms with Gasteiger partial charge >= 0.3 is 0 Å². The first kappa shape index (κ1) is 20.8. The maximum atomic E-state index is 13.8. The SMILES string of the molecule is O=C(c1ccccc1-c1cccc(F)c1)N1CC2CC(C1)CN(c1ncc3ccccc3n1)C2. The highest BCUT2D eigenvalue weighted by Gasteiger charge is 2.37. The van der Waals surface area contributed by atoms with E-state index in [-0.39, 0.29) is 11.7 Å². The molecule has 2 aliphatic heterocycles. The third-order valence-corrected chi connectivity index (χ3v) is 6.92. The molecule has 4 aromatic rings. The van der Waals surface area contributed by atoms with Crippen molar-refractivity contribution in [3.63, 3.8) is 0 Å². The highest BCUT2D eigenvalue weighted by atomic mass is 19.1. The molecule has 5 nitrogen and oxygen atoms in total. The Balaban J connectivity index is 1.22. The van der Waals surface area contributed by atoms with Crippen molar-refractivity contribution in [2.75, 3.05) is 31.1 Å². The van der Waals surface area contributed by atoms with Gasteiger partial charge < -0.3 is 9.80 Å². The first-order chi connectivity index (χ1) is 16.6. The van der Waals surface area contributed by atoms with Gasteiger partial charge in [0.15, 0.2) is 0 Å². The predicted molar refractivity (Wildman–Crippen MR) is 131 cm³/mol. The summed E-state index contributed by atoms with van der Waals surface area (Å²) in [5.41, 5.74) is 3.08. The zero-order valence-electron chi connectivity index (χ0n) is 18.8. The number of amides is 1. The van der Waals surface area contributed by atoms with Crippen molar-refractivity contribution in [1.29, 1.82) is 0 Å². The molecule has 0 aliphatic carbocycles. The molecule has 3 heterocycles. The van der Waals surface area contributed by atoms with Gasteiger partial charge in [0.05, 0.1) is 5.52 Å². The number of carbonyl (C=O) groups excluding carboxylic acids is 1. The fourth-order valence-corrected chi connectivity index (χ4v) is 5.47. The zero-order valence-corrected chi connectivity index (χ0v) is 18.8. The normalized spacial score (nSPS) is 19.9. The van der Waals surface area contributed by atoms with E-state index in [2.05, 4.69) is 9.88 Å². The summed E-state index contributed by atoms with van der Waals surface area (Å²) in [4.78, 5) is 27.3. The molecule has 1 aromatic heterocycles. The average molecular weight is 453 g/mol. The lowest BCUT2D eigenvalue weighted by Gasteiger charge is -2.46. The maximum Gasteiger partial charge on any atom is 0.254 e. The summed E-state index contributed by atoms with van der Waals surface area (Å²) in [5, 5.41) is 1.04. The number of fused-ring (bicyclic) bond motifs is 3. The van der Waals surface area contributed by atoms with Crippen LogP contribution in [-0.2, 0) is 0 Å². The number of anilines is 1. The van der Waals surface area contributed by atoms with E-state index < -0.39 is 0 Å². The van der Waals surface area contributed by atoms with E-state index >= 15 is 0 Å². The van der Waals surface area contributed by atoms with Crippen LogP contribution in [0.15, 0.2) is 79.0 Å². The Bertz CT molecular complexity index is 1360. The fourth-order valence-electron chi connectivity index (χ4n) is 5.47. The van der Waals surface area contributed by atoms with Crippen molar-refractivity contribution in [2.24, 2.45) is 11.8 Å². The number of hydrogen-bond acceptors (Lipinski definition) is 4. The number of rotatable bonds is 3. The highest BCUT2D eigenvalue weighted by molar-refractivity contribution is 6.01. The van der Waals surface area contributed by atoms with Crippen molar-refractivity contribution in [3.8, 4) is 11.1 Å². The van der Waals surface area contributed by atoms with Gasteiger partial charge in [-0.3, -0.25) is 4.79 Å². The largest absolute Gasteiger partial charge is 0.340 e. The van der Waals surface area contributed by atoms with Crippen molar-refractivity contribution < 1.29 is 9.18 Å². The summed E-state index contributed by atoms with van der Waals surface area (Å²) >= 11 is 0. The van der Waals surface area contributed by atoms with Crippen LogP contribution in [0.1, 0.15) is 16.8 Å². The van der Waals surface area contributed by atoms with Gasteiger partial charge in [-0.15, -0.1) is 0 Å². The summed E-state index contributed by atoms with van der Waals surface area (Å²) in [6.07, 6.45) is 3.00. The van der Waals surface area contributed by atoms with Gasteiger partial charge in [0.1, 0.15) is 5.82 Å². The summed E-state index contributed by atoms with van der Waals surface area (Å²) in [5.74, 6) is 1.22. The lowest BCUT2D eigenvalue weighted by Crippen LogP contribution is -2.54. The van der Waals surface area contributed by atoms with E-state index in [0.717, 1.165) is 47.5 Å². The molecule has 2 aliphatic rings. The number of piperidine rings is 2. The molecule has 3 aromatic carbocycles. The Hall–Kier alpha value is -3.80. The zero-order chi connectivity index (χ0) is 23.1. The van der Waals surface area contributed by atoms with Gasteiger partial charge in [0, 0.05) is 43.3 Å². The molecule has 0 N–H and O–H groups in total. The minimum absolute atomic E-state index is 0.0185. The quantitative estimate of drug-likeness (QED) is 0.437. The molecule has 6 heteroatoms. The molecule has 1 amide bonds. The van der Waals surface area contributed by atoms with Crippen molar-refractivity contribution in [1.82, 2.24) is 14.9 Å². The fraction of sp³-hybridized carbons (Fsp3) is 0.250. The highest BCUT2D eigenvalue weighted by Crippen LogP contribution is 2.33. The Morgan fingerprint density at radius 3 is 2.47 bits per heavy atom. The van der Waals surface area contributed by atoms with Crippen molar-refractivity contribution in [3.05, 3.63) is 90.4 Å². The van der Waals surface area contributed by atoms with Crippen LogP contribution in [-0.4, -0.2) is 47.0 Å². The summed E-state index contributed by atoms with van der Waals surface area (Å²) < 4.78 is 13.8. The van der Waals surface area contributed by atoms with E-state index in [9.17, 15) is 9.18 Å². The second-order valence-corrected chi connectivity index (χ2v) is 9.37. The minimum atomic E-state index is -0.303. The van der Waals surface area contributed by atoms with Crippen LogP contribution < -0.4 is 4.90 Å². The number of carbonyl (C=O) groups is 1. The Labute approximate surface area is 197 Å². The van der Waals surface area contributed by atoms with Gasteiger partial charge in [-0.25, -0.2) is 14.4 Å².